The summed E-state index contributed by atoms with van der Waals surface area (Å²) in [7, 11) is 0. The first-order valence-electron chi connectivity index (χ1n) is 12.1. The van der Waals surface area contributed by atoms with Crippen LogP contribution in [0.3, 0.4) is 0 Å². The fourth-order valence-corrected chi connectivity index (χ4v) is 4.40. The van der Waals surface area contributed by atoms with Gasteiger partial charge >= 0.3 is 0 Å². The summed E-state index contributed by atoms with van der Waals surface area (Å²) >= 11 is 0. The number of hydrogen-bond acceptors (Lipinski definition) is 5. The van der Waals surface area contributed by atoms with Crippen LogP contribution in [0.25, 0.3) is 22.5 Å². The lowest BCUT2D eigenvalue weighted by Crippen LogP contribution is -2.26. The smallest absolute Gasteiger partial charge is 0.278 e. The molecule has 3 aromatic carbocycles. The molecule has 0 spiro atoms. The van der Waals surface area contributed by atoms with Crippen molar-refractivity contribution in [3.8, 4) is 22.5 Å². The monoisotopic (exact) mass is 480 g/mol. The lowest BCUT2D eigenvalue weighted by Gasteiger charge is -2.19. The van der Waals surface area contributed by atoms with E-state index in [4.69, 9.17) is 4.42 Å². The first-order chi connectivity index (χ1) is 17.6. The first-order valence-corrected chi connectivity index (χ1v) is 12.1. The lowest BCUT2D eigenvalue weighted by molar-refractivity contribution is -0.114. The standard InChI is InChI=1S/C29H28N4O3/c1-19(34)31-24-13-9-22(10-14-24)27-26(33-29(36-27)23-15-17-30-18-16-23)28(35)32-25-11-7-21(8-12-25)20-5-3-2-4-6-20/h2-14,23,30H,15-18H2,1H3,(H,31,34)(H,32,35). The van der Waals surface area contributed by atoms with Gasteiger partial charge in [-0.3, -0.25) is 9.59 Å². The van der Waals surface area contributed by atoms with Gasteiger partial charge in [0, 0.05) is 29.8 Å². The van der Waals surface area contributed by atoms with E-state index in [2.05, 4.69) is 33.1 Å². The molecule has 0 atom stereocenters. The molecule has 1 aliphatic rings. The van der Waals surface area contributed by atoms with Gasteiger partial charge in [0.15, 0.2) is 17.3 Å². The topological polar surface area (TPSA) is 96.3 Å². The van der Waals surface area contributed by atoms with Crippen LogP contribution in [0, 0.1) is 0 Å². The summed E-state index contributed by atoms with van der Waals surface area (Å²) in [5, 5.41) is 9.07. The van der Waals surface area contributed by atoms with Gasteiger partial charge in [-0.2, -0.15) is 0 Å². The summed E-state index contributed by atoms with van der Waals surface area (Å²) in [6.07, 6.45) is 1.81. The Kier molecular flexibility index (Phi) is 6.91. The molecule has 0 bridgehead atoms. The van der Waals surface area contributed by atoms with Crippen LogP contribution in [0.1, 0.15) is 42.1 Å². The number of carbonyl (C=O) groups excluding carboxylic acids is 2. The Morgan fingerprint density at radius 2 is 1.39 bits per heavy atom. The summed E-state index contributed by atoms with van der Waals surface area (Å²) < 4.78 is 6.21. The van der Waals surface area contributed by atoms with E-state index < -0.39 is 0 Å². The molecular formula is C29H28N4O3. The van der Waals surface area contributed by atoms with Crippen LogP contribution in [0.15, 0.2) is 83.3 Å². The molecule has 0 radical (unpaired) electrons. The molecule has 4 aromatic rings. The van der Waals surface area contributed by atoms with E-state index in [1.54, 1.807) is 12.1 Å². The minimum absolute atomic E-state index is 0.144. The van der Waals surface area contributed by atoms with Gasteiger partial charge in [-0.1, -0.05) is 42.5 Å². The predicted molar refractivity (Wildman–Crippen MR) is 141 cm³/mol. The second kappa shape index (κ2) is 10.6. The fraction of sp³-hybridized carbons (Fsp3) is 0.207. The van der Waals surface area contributed by atoms with Crippen LogP contribution in [0.2, 0.25) is 0 Å². The highest BCUT2D eigenvalue weighted by Crippen LogP contribution is 2.33. The number of oxazole rings is 1. The van der Waals surface area contributed by atoms with E-state index in [0.717, 1.165) is 42.6 Å². The van der Waals surface area contributed by atoms with E-state index in [-0.39, 0.29) is 23.4 Å². The molecule has 36 heavy (non-hydrogen) atoms. The van der Waals surface area contributed by atoms with Crippen LogP contribution in [-0.2, 0) is 4.79 Å². The zero-order valence-corrected chi connectivity index (χ0v) is 20.1. The average molecular weight is 481 g/mol. The van der Waals surface area contributed by atoms with Crippen molar-refractivity contribution in [3.63, 3.8) is 0 Å². The molecule has 5 rings (SSSR count). The molecule has 182 valence electrons. The van der Waals surface area contributed by atoms with Gasteiger partial charge in [0.05, 0.1) is 0 Å². The minimum atomic E-state index is -0.327. The number of hydrogen-bond donors (Lipinski definition) is 3. The highest BCUT2D eigenvalue weighted by atomic mass is 16.4. The summed E-state index contributed by atoms with van der Waals surface area (Å²) in [5.41, 5.74) is 4.52. The van der Waals surface area contributed by atoms with Gasteiger partial charge < -0.3 is 20.4 Å². The molecule has 0 saturated carbocycles. The van der Waals surface area contributed by atoms with Crippen LogP contribution in [0.5, 0.6) is 0 Å². The van der Waals surface area contributed by atoms with Crippen molar-refractivity contribution in [1.29, 1.82) is 0 Å². The number of carbonyl (C=O) groups is 2. The quantitative estimate of drug-likeness (QED) is 0.330. The maximum atomic E-state index is 13.4. The summed E-state index contributed by atoms with van der Waals surface area (Å²) in [4.78, 5) is 29.4. The Labute approximate surface area is 210 Å². The molecule has 1 saturated heterocycles. The highest BCUT2D eigenvalue weighted by molar-refractivity contribution is 6.06. The maximum absolute atomic E-state index is 13.4. The second-order valence-corrected chi connectivity index (χ2v) is 8.91. The molecule has 2 amide bonds. The third-order valence-electron chi connectivity index (χ3n) is 6.26. The normalized spacial score (nSPS) is 13.8. The molecule has 1 fully saturated rings. The number of rotatable bonds is 6. The number of nitrogens with zero attached hydrogens (tertiary/aromatic N) is 1. The van der Waals surface area contributed by atoms with Gasteiger partial charge in [-0.25, -0.2) is 4.98 Å². The van der Waals surface area contributed by atoms with Crippen molar-refractivity contribution >= 4 is 23.2 Å². The van der Waals surface area contributed by atoms with Crippen LogP contribution in [-0.4, -0.2) is 29.9 Å². The van der Waals surface area contributed by atoms with E-state index in [0.29, 0.717) is 23.0 Å². The molecule has 1 aliphatic heterocycles. The van der Waals surface area contributed by atoms with Crippen molar-refractivity contribution in [1.82, 2.24) is 10.3 Å². The predicted octanol–water partition coefficient (Wildman–Crippen LogP) is 5.69. The van der Waals surface area contributed by atoms with E-state index in [9.17, 15) is 9.59 Å². The molecule has 1 aromatic heterocycles. The molecule has 0 unspecified atom stereocenters. The zero-order valence-electron chi connectivity index (χ0n) is 20.1. The number of amides is 2. The van der Waals surface area contributed by atoms with Crippen molar-refractivity contribution in [3.05, 3.63) is 90.4 Å². The van der Waals surface area contributed by atoms with E-state index in [1.807, 2.05) is 54.6 Å². The molecule has 3 N–H and O–H groups in total. The molecule has 7 heteroatoms. The number of piperidine rings is 1. The Hall–Kier alpha value is -4.23. The average Bonchev–Trinajstić information content (AvgIpc) is 3.36. The lowest BCUT2D eigenvalue weighted by atomic mass is 9.98. The van der Waals surface area contributed by atoms with Gasteiger partial charge in [0.2, 0.25) is 5.91 Å². The van der Waals surface area contributed by atoms with Crippen molar-refractivity contribution in [2.75, 3.05) is 23.7 Å². The van der Waals surface area contributed by atoms with Crippen molar-refractivity contribution < 1.29 is 14.0 Å². The van der Waals surface area contributed by atoms with E-state index in [1.165, 1.54) is 6.92 Å². The van der Waals surface area contributed by atoms with Crippen LogP contribution < -0.4 is 16.0 Å². The third-order valence-corrected chi connectivity index (χ3v) is 6.26. The van der Waals surface area contributed by atoms with E-state index >= 15 is 0 Å². The summed E-state index contributed by atoms with van der Waals surface area (Å²) in [6.45, 7) is 3.25. The second-order valence-electron chi connectivity index (χ2n) is 8.91. The van der Waals surface area contributed by atoms with Gasteiger partial charge in [0.25, 0.3) is 5.91 Å². The third kappa shape index (κ3) is 5.37. The maximum Gasteiger partial charge on any atom is 0.278 e. The van der Waals surface area contributed by atoms with Gasteiger partial charge in [-0.15, -0.1) is 0 Å². The SMILES string of the molecule is CC(=O)Nc1ccc(-c2oc(C3CCNCC3)nc2C(=O)Nc2ccc(-c3ccccc3)cc2)cc1. The zero-order chi connectivity index (χ0) is 24.9. The van der Waals surface area contributed by atoms with Gasteiger partial charge in [-0.05, 0) is 73.5 Å². The van der Waals surface area contributed by atoms with Crippen molar-refractivity contribution in [2.24, 2.45) is 0 Å². The van der Waals surface area contributed by atoms with Crippen LogP contribution >= 0.6 is 0 Å². The number of benzene rings is 3. The molecule has 7 nitrogen and oxygen atoms in total. The Balaban J connectivity index is 1.42. The Morgan fingerprint density at radius 3 is 2.03 bits per heavy atom. The Morgan fingerprint density at radius 1 is 0.806 bits per heavy atom. The summed E-state index contributed by atoms with van der Waals surface area (Å²) in [5.74, 6) is 0.704. The highest BCUT2D eigenvalue weighted by Gasteiger charge is 2.27. The minimum Gasteiger partial charge on any atom is -0.440 e. The largest absolute Gasteiger partial charge is 0.440 e. The van der Waals surface area contributed by atoms with Gasteiger partial charge in [0.1, 0.15) is 0 Å². The van der Waals surface area contributed by atoms with Crippen molar-refractivity contribution in [2.45, 2.75) is 25.7 Å². The molecule has 0 aliphatic carbocycles. The first kappa shape index (κ1) is 23.5. The summed E-state index contributed by atoms with van der Waals surface area (Å²) in [6, 6.07) is 25.0. The molecular weight excluding hydrogens is 452 g/mol. The van der Waals surface area contributed by atoms with Crippen LogP contribution in [0.4, 0.5) is 11.4 Å². The number of anilines is 2. The number of nitrogens with one attached hydrogen (secondary N) is 3. The Bertz CT molecular complexity index is 1340. The fourth-order valence-electron chi connectivity index (χ4n) is 4.40. The number of aromatic nitrogens is 1. The molecule has 2 heterocycles.